The van der Waals surface area contributed by atoms with E-state index in [9.17, 15) is 4.79 Å². The average Bonchev–Trinajstić information content (AvgIpc) is 2.86. The summed E-state index contributed by atoms with van der Waals surface area (Å²) < 4.78 is 5.08. The Morgan fingerprint density at radius 1 is 1.41 bits per heavy atom. The Morgan fingerprint density at radius 2 is 2.18 bits per heavy atom. The number of carbonyl (C=O) groups excluding carboxylic acids is 1. The molecule has 1 aliphatic carbocycles. The lowest BCUT2D eigenvalue weighted by atomic mass is 9.84. The van der Waals surface area contributed by atoms with E-state index in [4.69, 9.17) is 4.42 Å². The van der Waals surface area contributed by atoms with Crippen molar-refractivity contribution in [3.05, 3.63) is 24.2 Å². The quantitative estimate of drug-likeness (QED) is 0.866. The summed E-state index contributed by atoms with van der Waals surface area (Å²) in [5.74, 6) is 1.15. The molecule has 4 heteroatoms. The second-order valence-corrected chi connectivity index (χ2v) is 5.44. The van der Waals surface area contributed by atoms with Gasteiger partial charge in [0.25, 0.3) is 5.91 Å². The highest BCUT2D eigenvalue weighted by Crippen LogP contribution is 2.27. The molecule has 0 radical (unpaired) electrons. The van der Waals surface area contributed by atoms with Crippen LogP contribution in [0.4, 0.5) is 0 Å². The van der Waals surface area contributed by atoms with Gasteiger partial charge in [0.05, 0.1) is 6.26 Å². The van der Waals surface area contributed by atoms with Gasteiger partial charge in [0.2, 0.25) is 0 Å². The number of alkyl halides is 1. The fraction of sp³-hybridized carbons (Fsp3) is 0.615. The molecule has 1 saturated carbocycles. The van der Waals surface area contributed by atoms with Gasteiger partial charge in [-0.2, -0.15) is 0 Å². The minimum atomic E-state index is -0.0843. The number of rotatable bonds is 4. The molecular formula is C13H18BrNO2. The molecule has 0 spiro atoms. The van der Waals surface area contributed by atoms with E-state index in [1.54, 1.807) is 12.1 Å². The fourth-order valence-corrected chi connectivity index (χ4v) is 3.06. The molecule has 0 atom stereocenters. The van der Waals surface area contributed by atoms with Crippen LogP contribution in [0.15, 0.2) is 22.8 Å². The second-order valence-electron chi connectivity index (χ2n) is 4.65. The van der Waals surface area contributed by atoms with Crippen molar-refractivity contribution in [1.29, 1.82) is 0 Å². The molecule has 1 fully saturated rings. The third kappa shape index (κ3) is 3.60. The summed E-state index contributed by atoms with van der Waals surface area (Å²) in [5, 5.41) is 4.12. The van der Waals surface area contributed by atoms with Gasteiger partial charge >= 0.3 is 0 Å². The lowest BCUT2D eigenvalue weighted by Crippen LogP contribution is -2.37. The lowest BCUT2D eigenvalue weighted by molar-refractivity contribution is 0.0893. The van der Waals surface area contributed by atoms with E-state index in [1.807, 2.05) is 0 Å². The number of furan rings is 1. The highest BCUT2D eigenvalue weighted by atomic mass is 79.9. The van der Waals surface area contributed by atoms with Gasteiger partial charge in [-0.05, 0) is 50.2 Å². The van der Waals surface area contributed by atoms with Gasteiger partial charge in [-0.25, -0.2) is 0 Å². The number of hydrogen-bond donors (Lipinski definition) is 1. The smallest absolute Gasteiger partial charge is 0.287 e. The molecule has 1 aromatic rings. The van der Waals surface area contributed by atoms with Gasteiger partial charge < -0.3 is 9.73 Å². The van der Waals surface area contributed by atoms with E-state index >= 15 is 0 Å². The van der Waals surface area contributed by atoms with E-state index < -0.39 is 0 Å². The Kier molecular flexibility index (Phi) is 4.66. The molecule has 1 aliphatic rings. The van der Waals surface area contributed by atoms with Crippen LogP contribution in [0.3, 0.4) is 0 Å². The first-order valence-electron chi connectivity index (χ1n) is 6.20. The molecule has 94 valence electrons. The Bertz CT molecular complexity index is 342. The normalized spacial score (nSPS) is 24.5. The molecule has 0 unspecified atom stereocenters. The SMILES string of the molecule is O=C(N[C@H]1CC[C@H](CCBr)CC1)c1ccco1. The molecular weight excluding hydrogens is 282 g/mol. The minimum Gasteiger partial charge on any atom is -0.459 e. The van der Waals surface area contributed by atoms with Crippen molar-refractivity contribution in [1.82, 2.24) is 5.32 Å². The highest BCUT2D eigenvalue weighted by Gasteiger charge is 2.22. The van der Waals surface area contributed by atoms with E-state index in [-0.39, 0.29) is 5.91 Å². The Morgan fingerprint density at radius 3 is 2.76 bits per heavy atom. The molecule has 2 rings (SSSR count). The van der Waals surface area contributed by atoms with E-state index in [0.717, 1.165) is 24.1 Å². The number of carbonyl (C=O) groups is 1. The van der Waals surface area contributed by atoms with Crippen LogP contribution >= 0.6 is 15.9 Å². The van der Waals surface area contributed by atoms with E-state index in [2.05, 4.69) is 21.2 Å². The molecule has 1 aromatic heterocycles. The minimum absolute atomic E-state index is 0.0843. The van der Waals surface area contributed by atoms with Crippen LogP contribution in [0.1, 0.15) is 42.7 Å². The van der Waals surface area contributed by atoms with Crippen molar-refractivity contribution in [2.45, 2.75) is 38.1 Å². The topological polar surface area (TPSA) is 42.2 Å². The molecule has 3 nitrogen and oxygen atoms in total. The van der Waals surface area contributed by atoms with Gasteiger partial charge in [0.1, 0.15) is 0 Å². The van der Waals surface area contributed by atoms with Crippen LogP contribution in [0.5, 0.6) is 0 Å². The molecule has 1 N–H and O–H groups in total. The summed E-state index contributed by atoms with van der Waals surface area (Å²) in [7, 11) is 0. The van der Waals surface area contributed by atoms with Crippen molar-refractivity contribution in [3.8, 4) is 0 Å². The van der Waals surface area contributed by atoms with Crippen LogP contribution in [-0.2, 0) is 0 Å². The van der Waals surface area contributed by atoms with Crippen LogP contribution < -0.4 is 5.32 Å². The van der Waals surface area contributed by atoms with Gasteiger partial charge in [0.15, 0.2) is 5.76 Å². The molecule has 0 aromatic carbocycles. The number of nitrogens with one attached hydrogen (secondary N) is 1. The highest BCUT2D eigenvalue weighted by molar-refractivity contribution is 9.09. The predicted octanol–water partition coefficient (Wildman–Crippen LogP) is 3.35. The van der Waals surface area contributed by atoms with Crippen LogP contribution in [0, 0.1) is 5.92 Å². The first kappa shape index (κ1) is 12.7. The van der Waals surface area contributed by atoms with E-state index in [0.29, 0.717) is 11.8 Å². The summed E-state index contributed by atoms with van der Waals surface area (Å²) in [5.41, 5.74) is 0. The maximum absolute atomic E-state index is 11.8. The maximum Gasteiger partial charge on any atom is 0.287 e. The molecule has 1 amide bonds. The average molecular weight is 300 g/mol. The summed E-state index contributed by atoms with van der Waals surface area (Å²) in [4.78, 5) is 11.8. The number of halogens is 1. The first-order chi connectivity index (χ1) is 8.29. The zero-order chi connectivity index (χ0) is 12.1. The maximum atomic E-state index is 11.8. The monoisotopic (exact) mass is 299 g/mol. The van der Waals surface area contributed by atoms with Gasteiger partial charge in [0, 0.05) is 11.4 Å². The largest absolute Gasteiger partial charge is 0.459 e. The Labute approximate surface area is 110 Å². The molecule has 17 heavy (non-hydrogen) atoms. The van der Waals surface area contributed by atoms with Gasteiger partial charge in [-0.1, -0.05) is 15.9 Å². The predicted molar refractivity (Wildman–Crippen MR) is 70.3 cm³/mol. The molecule has 0 aliphatic heterocycles. The van der Waals surface area contributed by atoms with Crippen LogP contribution in [-0.4, -0.2) is 17.3 Å². The number of amides is 1. The zero-order valence-electron chi connectivity index (χ0n) is 9.82. The van der Waals surface area contributed by atoms with Crippen LogP contribution in [0.2, 0.25) is 0 Å². The first-order valence-corrected chi connectivity index (χ1v) is 7.32. The fourth-order valence-electron chi connectivity index (χ4n) is 2.41. The van der Waals surface area contributed by atoms with Crippen LogP contribution in [0.25, 0.3) is 0 Å². The summed E-state index contributed by atoms with van der Waals surface area (Å²) in [6.07, 6.45) is 7.39. The molecule has 1 heterocycles. The van der Waals surface area contributed by atoms with Crippen molar-refractivity contribution >= 4 is 21.8 Å². The summed E-state index contributed by atoms with van der Waals surface area (Å²) in [6, 6.07) is 3.76. The van der Waals surface area contributed by atoms with Gasteiger partial charge in [-0.3, -0.25) is 4.79 Å². The Balaban J connectivity index is 1.76. The third-order valence-electron chi connectivity index (χ3n) is 3.44. The van der Waals surface area contributed by atoms with Crippen molar-refractivity contribution in [2.75, 3.05) is 5.33 Å². The standard InChI is InChI=1S/C13H18BrNO2/c14-8-7-10-3-5-11(6-4-10)15-13(16)12-2-1-9-17-12/h1-2,9-11H,3-8H2,(H,15,16)/t10-,11-. The van der Waals surface area contributed by atoms with Crippen molar-refractivity contribution in [2.24, 2.45) is 5.92 Å². The Hall–Kier alpha value is -0.770. The third-order valence-corrected chi connectivity index (χ3v) is 3.90. The second kappa shape index (κ2) is 6.24. The lowest BCUT2D eigenvalue weighted by Gasteiger charge is -2.28. The van der Waals surface area contributed by atoms with Gasteiger partial charge in [-0.15, -0.1) is 0 Å². The zero-order valence-corrected chi connectivity index (χ0v) is 11.4. The summed E-state index contributed by atoms with van der Waals surface area (Å²) in [6.45, 7) is 0. The van der Waals surface area contributed by atoms with E-state index in [1.165, 1.54) is 25.5 Å². The van der Waals surface area contributed by atoms with Crippen molar-refractivity contribution in [3.63, 3.8) is 0 Å². The molecule has 0 saturated heterocycles. The molecule has 0 bridgehead atoms. The summed E-state index contributed by atoms with van der Waals surface area (Å²) >= 11 is 3.48. The van der Waals surface area contributed by atoms with Crippen molar-refractivity contribution < 1.29 is 9.21 Å². The number of hydrogen-bond acceptors (Lipinski definition) is 2.